The van der Waals surface area contributed by atoms with Gasteiger partial charge >= 0.3 is 5.97 Å². The standard InChI is InChI=1S/C12H13NO3/c1-3-16-11(14)6-9-4-5-10(7-13)8(2)12(9)15/h4-5,15H,3,6H2,1-2H3. The van der Waals surface area contributed by atoms with Gasteiger partial charge in [-0.3, -0.25) is 4.79 Å². The molecule has 0 bridgehead atoms. The SMILES string of the molecule is CCOC(=O)Cc1ccc(C#N)c(C)c1O. The van der Waals surface area contributed by atoms with Crippen molar-refractivity contribution in [3.63, 3.8) is 0 Å². The molecule has 0 unspecified atom stereocenters. The molecule has 0 atom stereocenters. The molecule has 0 aromatic heterocycles. The first-order valence-electron chi connectivity index (χ1n) is 4.97. The average Bonchev–Trinajstić information content (AvgIpc) is 2.25. The smallest absolute Gasteiger partial charge is 0.310 e. The lowest BCUT2D eigenvalue weighted by molar-refractivity contribution is -0.142. The van der Waals surface area contributed by atoms with Crippen LogP contribution in [0.5, 0.6) is 5.75 Å². The Morgan fingerprint density at radius 2 is 2.25 bits per heavy atom. The summed E-state index contributed by atoms with van der Waals surface area (Å²) in [5.41, 5.74) is 1.38. The summed E-state index contributed by atoms with van der Waals surface area (Å²) < 4.78 is 4.78. The van der Waals surface area contributed by atoms with Crippen LogP contribution in [0.25, 0.3) is 0 Å². The minimum Gasteiger partial charge on any atom is -0.507 e. The minimum atomic E-state index is -0.387. The molecule has 0 heterocycles. The van der Waals surface area contributed by atoms with Crippen LogP contribution in [-0.2, 0) is 16.0 Å². The van der Waals surface area contributed by atoms with E-state index in [9.17, 15) is 9.90 Å². The van der Waals surface area contributed by atoms with E-state index in [1.807, 2.05) is 6.07 Å². The number of aromatic hydroxyl groups is 1. The highest BCUT2D eigenvalue weighted by atomic mass is 16.5. The topological polar surface area (TPSA) is 70.3 Å². The second-order valence-electron chi connectivity index (χ2n) is 3.34. The largest absolute Gasteiger partial charge is 0.507 e. The lowest BCUT2D eigenvalue weighted by Gasteiger charge is -2.07. The van der Waals surface area contributed by atoms with Gasteiger partial charge in [-0.1, -0.05) is 6.07 Å². The minimum absolute atomic E-state index is 0.00731. The van der Waals surface area contributed by atoms with Gasteiger partial charge in [-0.2, -0.15) is 5.26 Å². The van der Waals surface area contributed by atoms with E-state index in [-0.39, 0.29) is 18.1 Å². The van der Waals surface area contributed by atoms with Crippen LogP contribution >= 0.6 is 0 Å². The Balaban J connectivity index is 2.96. The van der Waals surface area contributed by atoms with Gasteiger partial charge < -0.3 is 9.84 Å². The number of esters is 1. The first kappa shape index (κ1) is 12.1. The normalized spacial score (nSPS) is 9.56. The monoisotopic (exact) mass is 219 g/mol. The van der Waals surface area contributed by atoms with Crippen molar-refractivity contribution in [3.8, 4) is 11.8 Å². The summed E-state index contributed by atoms with van der Waals surface area (Å²) >= 11 is 0. The summed E-state index contributed by atoms with van der Waals surface area (Å²) in [5, 5.41) is 18.5. The lowest BCUT2D eigenvalue weighted by atomic mass is 10.0. The van der Waals surface area contributed by atoms with Crippen molar-refractivity contribution in [2.75, 3.05) is 6.61 Å². The number of hydrogen-bond acceptors (Lipinski definition) is 4. The van der Waals surface area contributed by atoms with Gasteiger partial charge in [-0.15, -0.1) is 0 Å². The second-order valence-corrected chi connectivity index (χ2v) is 3.34. The highest BCUT2D eigenvalue weighted by molar-refractivity contribution is 5.74. The van der Waals surface area contributed by atoms with E-state index in [1.54, 1.807) is 26.0 Å². The van der Waals surface area contributed by atoms with E-state index in [2.05, 4.69) is 0 Å². The molecule has 4 heteroatoms. The van der Waals surface area contributed by atoms with Gasteiger partial charge in [0.15, 0.2) is 0 Å². The fraction of sp³-hybridized carbons (Fsp3) is 0.333. The number of benzene rings is 1. The maximum atomic E-state index is 11.2. The van der Waals surface area contributed by atoms with Crippen LogP contribution in [0.1, 0.15) is 23.6 Å². The third kappa shape index (κ3) is 2.51. The summed E-state index contributed by atoms with van der Waals surface area (Å²) in [6, 6.07) is 5.12. The maximum absolute atomic E-state index is 11.2. The van der Waals surface area contributed by atoms with Gasteiger partial charge in [-0.05, 0) is 19.9 Å². The Kier molecular flexibility index (Phi) is 3.90. The molecule has 0 fully saturated rings. The van der Waals surface area contributed by atoms with Crippen molar-refractivity contribution in [1.29, 1.82) is 5.26 Å². The number of hydrogen-bond donors (Lipinski definition) is 1. The third-order valence-corrected chi connectivity index (χ3v) is 2.28. The molecule has 16 heavy (non-hydrogen) atoms. The summed E-state index contributed by atoms with van der Waals surface area (Å²) in [4.78, 5) is 11.2. The number of phenolic OH excluding ortho intramolecular Hbond substituents is 1. The number of carbonyl (C=O) groups excluding carboxylic acids is 1. The van der Waals surface area contributed by atoms with E-state index < -0.39 is 0 Å². The second kappa shape index (κ2) is 5.17. The number of nitrogens with zero attached hydrogens (tertiary/aromatic N) is 1. The molecule has 0 saturated heterocycles. The first-order valence-corrected chi connectivity index (χ1v) is 4.97. The van der Waals surface area contributed by atoms with Crippen LogP contribution < -0.4 is 0 Å². The molecule has 1 rings (SSSR count). The summed E-state index contributed by atoms with van der Waals surface area (Å²) in [6.07, 6.45) is 0.0201. The van der Waals surface area contributed by atoms with E-state index in [0.29, 0.717) is 23.3 Å². The highest BCUT2D eigenvalue weighted by Gasteiger charge is 2.12. The molecule has 0 aliphatic rings. The molecular weight excluding hydrogens is 206 g/mol. The van der Waals surface area contributed by atoms with Crippen LogP contribution in [0.2, 0.25) is 0 Å². The van der Waals surface area contributed by atoms with Crippen LogP contribution in [0.4, 0.5) is 0 Å². The van der Waals surface area contributed by atoms with Gasteiger partial charge in [0.2, 0.25) is 0 Å². The quantitative estimate of drug-likeness (QED) is 0.785. The first-order chi connectivity index (χ1) is 7.60. The van der Waals surface area contributed by atoms with E-state index in [4.69, 9.17) is 10.00 Å². The molecule has 0 saturated carbocycles. The van der Waals surface area contributed by atoms with Crippen LogP contribution in [0.3, 0.4) is 0 Å². The predicted molar refractivity (Wildman–Crippen MR) is 57.9 cm³/mol. The van der Waals surface area contributed by atoms with Gasteiger partial charge in [0, 0.05) is 11.1 Å². The predicted octanol–water partition coefficient (Wildman–Crippen LogP) is 1.68. The highest BCUT2D eigenvalue weighted by Crippen LogP contribution is 2.25. The molecule has 4 nitrogen and oxygen atoms in total. The summed E-state index contributed by atoms with van der Waals surface area (Å²) in [6.45, 7) is 3.68. The molecule has 0 amide bonds. The van der Waals surface area contributed by atoms with E-state index in [1.165, 1.54) is 0 Å². The fourth-order valence-corrected chi connectivity index (χ4v) is 1.39. The Hall–Kier alpha value is -2.02. The zero-order valence-corrected chi connectivity index (χ0v) is 9.28. The van der Waals surface area contributed by atoms with Gasteiger partial charge in [0.05, 0.1) is 24.7 Å². The van der Waals surface area contributed by atoms with Crippen LogP contribution in [0.15, 0.2) is 12.1 Å². The molecule has 1 aromatic rings. The molecule has 1 N–H and O–H groups in total. The maximum Gasteiger partial charge on any atom is 0.310 e. The Bertz CT molecular complexity index is 446. The van der Waals surface area contributed by atoms with Crippen molar-refractivity contribution < 1.29 is 14.6 Å². The summed E-state index contributed by atoms with van der Waals surface area (Å²) in [7, 11) is 0. The van der Waals surface area contributed by atoms with Crippen molar-refractivity contribution in [1.82, 2.24) is 0 Å². The van der Waals surface area contributed by atoms with Crippen LogP contribution in [-0.4, -0.2) is 17.7 Å². The van der Waals surface area contributed by atoms with Crippen molar-refractivity contribution in [3.05, 3.63) is 28.8 Å². The van der Waals surface area contributed by atoms with Gasteiger partial charge in [0.25, 0.3) is 0 Å². The summed E-state index contributed by atoms with van der Waals surface area (Å²) in [5.74, 6) is -0.394. The number of ether oxygens (including phenoxy) is 1. The fourth-order valence-electron chi connectivity index (χ4n) is 1.39. The van der Waals surface area contributed by atoms with Crippen molar-refractivity contribution in [2.45, 2.75) is 20.3 Å². The molecular formula is C12H13NO3. The molecule has 0 spiro atoms. The lowest BCUT2D eigenvalue weighted by Crippen LogP contribution is -2.08. The van der Waals surface area contributed by atoms with E-state index in [0.717, 1.165) is 0 Å². The number of rotatable bonds is 3. The molecule has 1 aromatic carbocycles. The van der Waals surface area contributed by atoms with Gasteiger partial charge in [-0.25, -0.2) is 0 Å². The average molecular weight is 219 g/mol. The Labute approximate surface area is 94.1 Å². The molecule has 0 radical (unpaired) electrons. The zero-order valence-electron chi connectivity index (χ0n) is 9.28. The third-order valence-electron chi connectivity index (χ3n) is 2.28. The van der Waals surface area contributed by atoms with Crippen molar-refractivity contribution >= 4 is 5.97 Å². The van der Waals surface area contributed by atoms with Crippen LogP contribution in [0, 0.1) is 18.3 Å². The van der Waals surface area contributed by atoms with E-state index >= 15 is 0 Å². The number of nitriles is 1. The number of phenols is 1. The molecule has 0 aliphatic heterocycles. The van der Waals surface area contributed by atoms with Gasteiger partial charge in [0.1, 0.15) is 5.75 Å². The number of carbonyl (C=O) groups is 1. The van der Waals surface area contributed by atoms with Crippen molar-refractivity contribution in [2.24, 2.45) is 0 Å². The molecule has 0 aliphatic carbocycles. The Morgan fingerprint density at radius 1 is 1.56 bits per heavy atom. The zero-order chi connectivity index (χ0) is 12.1. The molecule has 84 valence electrons. The Morgan fingerprint density at radius 3 is 2.81 bits per heavy atom.